The lowest BCUT2D eigenvalue weighted by Gasteiger charge is -2.33. The molecule has 0 saturated heterocycles. The molecule has 3 aromatic carbocycles. The third-order valence-corrected chi connectivity index (χ3v) is 6.93. The van der Waals surface area contributed by atoms with E-state index in [4.69, 9.17) is 9.47 Å². The van der Waals surface area contributed by atoms with Crippen molar-refractivity contribution in [3.05, 3.63) is 108 Å². The molecule has 0 fully saturated rings. The molecule has 0 aromatic heterocycles. The number of amides is 4. The Labute approximate surface area is 275 Å². The van der Waals surface area contributed by atoms with Gasteiger partial charge < -0.3 is 25.2 Å². The Bertz CT molecular complexity index is 1480. The van der Waals surface area contributed by atoms with E-state index in [1.807, 2.05) is 6.07 Å². The standard InChI is InChI=1S/C36H43N3O8/c1-25(34(44)46-24-28-18-12-7-13-19-28)37-32(42)30(23-27-16-10-6-11-17-27)39(31(41)20-21-40)33(43)29(22-26-14-8-5-9-15-26)38-35(45)47-36(2,3)4/h5-19,25,29-30,40H,20-24H2,1-4H3,(H,37,42)(H,38,45)/t25-,29+,30-/m0/s1. The van der Waals surface area contributed by atoms with Crippen molar-refractivity contribution in [3.63, 3.8) is 0 Å². The van der Waals surface area contributed by atoms with Crippen molar-refractivity contribution in [2.45, 2.75) is 77.3 Å². The van der Waals surface area contributed by atoms with Crippen LogP contribution in [-0.4, -0.2) is 70.1 Å². The van der Waals surface area contributed by atoms with Gasteiger partial charge in [-0.1, -0.05) is 91.0 Å². The quantitative estimate of drug-likeness (QED) is 0.225. The Balaban J connectivity index is 1.96. The normalized spacial score (nSPS) is 13.0. The second-order valence-electron chi connectivity index (χ2n) is 12.0. The van der Waals surface area contributed by atoms with Gasteiger partial charge in [-0.3, -0.25) is 19.3 Å². The molecule has 11 nitrogen and oxygen atoms in total. The Morgan fingerprint density at radius 2 is 1.28 bits per heavy atom. The third kappa shape index (κ3) is 12.0. The number of imide groups is 1. The number of rotatable bonds is 14. The molecule has 0 heterocycles. The summed E-state index contributed by atoms with van der Waals surface area (Å²) in [5, 5.41) is 14.9. The predicted molar refractivity (Wildman–Crippen MR) is 175 cm³/mol. The van der Waals surface area contributed by atoms with Crippen LogP contribution >= 0.6 is 0 Å². The molecule has 3 aromatic rings. The van der Waals surface area contributed by atoms with Gasteiger partial charge in [0.2, 0.25) is 11.8 Å². The molecule has 0 saturated carbocycles. The van der Waals surface area contributed by atoms with Crippen LogP contribution in [0.1, 0.15) is 50.8 Å². The molecule has 0 bridgehead atoms. The molecule has 250 valence electrons. The number of esters is 1. The van der Waals surface area contributed by atoms with E-state index in [1.165, 1.54) is 6.92 Å². The minimum Gasteiger partial charge on any atom is -0.459 e. The van der Waals surface area contributed by atoms with E-state index in [0.29, 0.717) is 11.1 Å². The Morgan fingerprint density at radius 1 is 0.766 bits per heavy atom. The van der Waals surface area contributed by atoms with Crippen molar-refractivity contribution in [3.8, 4) is 0 Å². The molecule has 0 spiro atoms. The van der Waals surface area contributed by atoms with E-state index in [9.17, 15) is 29.1 Å². The number of benzene rings is 3. The summed E-state index contributed by atoms with van der Waals surface area (Å²) in [5.41, 5.74) is 1.18. The minimum atomic E-state index is -1.45. The number of hydrogen-bond donors (Lipinski definition) is 3. The summed E-state index contributed by atoms with van der Waals surface area (Å²) in [6.07, 6.45) is -1.49. The molecule has 11 heteroatoms. The van der Waals surface area contributed by atoms with Crippen LogP contribution in [0.4, 0.5) is 4.79 Å². The van der Waals surface area contributed by atoms with Gasteiger partial charge in [0.05, 0.1) is 13.0 Å². The van der Waals surface area contributed by atoms with E-state index < -0.39 is 66.5 Å². The van der Waals surface area contributed by atoms with E-state index in [2.05, 4.69) is 10.6 Å². The van der Waals surface area contributed by atoms with Crippen LogP contribution in [0.5, 0.6) is 0 Å². The zero-order valence-electron chi connectivity index (χ0n) is 27.2. The zero-order valence-corrected chi connectivity index (χ0v) is 27.2. The van der Waals surface area contributed by atoms with Crippen LogP contribution in [0, 0.1) is 0 Å². The summed E-state index contributed by atoms with van der Waals surface area (Å²) >= 11 is 0. The molecular weight excluding hydrogens is 602 g/mol. The topological polar surface area (TPSA) is 151 Å². The lowest BCUT2D eigenvalue weighted by Crippen LogP contribution is -2.60. The van der Waals surface area contributed by atoms with Crippen molar-refractivity contribution < 1.29 is 38.6 Å². The molecule has 0 aliphatic rings. The Morgan fingerprint density at radius 3 is 1.79 bits per heavy atom. The highest BCUT2D eigenvalue weighted by Crippen LogP contribution is 2.17. The number of carbonyl (C=O) groups is 5. The van der Waals surface area contributed by atoms with Gasteiger partial charge in [-0.2, -0.15) is 0 Å². The first-order valence-electron chi connectivity index (χ1n) is 15.4. The molecule has 47 heavy (non-hydrogen) atoms. The molecule has 4 amide bonds. The average molecular weight is 646 g/mol. The maximum atomic E-state index is 14.4. The first-order chi connectivity index (χ1) is 22.4. The Kier molecular flexibility index (Phi) is 13.7. The second kappa shape index (κ2) is 17.6. The summed E-state index contributed by atoms with van der Waals surface area (Å²) < 4.78 is 10.8. The highest BCUT2D eigenvalue weighted by atomic mass is 16.6. The van der Waals surface area contributed by atoms with E-state index in [1.54, 1.807) is 106 Å². The Hall–Kier alpha value is -5.03. The summed E-state index contributed by atoms with van der Waals surface area (Å²) in [6, 6.07) is 22.7. The first kappa shape index (κ1) is 36.4. The third-order valence-electron chi connectivity index (χ3n) is 6.93. The first-order valence-corrected chi connectivity index (χ1v) is 15.4. The highest BCUT2D eigenvalue weighted by molar-refractivity contribution is 6.03. The average Bonchev–Trinajstić information content (AvgIpc) is 3.03. The number of hydrogen-bond acceptors (Lipinski definition) is 8. The van der Waals surface area contributed by atoms with Gasteiger partial charge in [0.25, 0.3) is 5.91 Å². The second-order valence-corrected chi connectivity index (χ2v) is 12.0. The van der Waals surface area contributed by atoms with Crippen LogP contribution in [0.3, 0.4) is 0 Å². The summed E-state index contributed by atoms with van der Waals surface area (Å²) in [7, 11) is 0. The zero-order chi connectivity index (χ0) is 34.4. The van der Waals surface area contributed by atoms with Crippen LogP contribution in [0.25, 0.3) is 0 Å². The van der Waals surface area contributed by atoms with Gasteiger partial charge in [0.1, 0.15) is 30.3 Å². The molecule has 0 unspecified atom stereocenters. The molecule has 3 N–H and O–H groups in total. The van der Waals surface area contributed by atoms with Crippen LogP contribution in [0.15, 0.2) is 91.0 Å². The minimum absolute atomic E-state index is 0.00950. The maximum Gasteiger partial charge on any atom is 0.408 e. The predicted octanol–water partition coefficient (Wildman–Crippen LogP) is 3.72. The number of aliphatic hydroxyl groups excluding tert-OH is 1. The largest absolute Gasteiger partial charge is 0.459 e. The van der Waals surface area contributed by atoms with Gasteiger partial charge in [0.15, 0.2) is 0 Å². The number of ether oxygens (including phenoxy) is 2. The fourth-order valence-electron chi connectivity index (χ4n) is 4.69. The summed E-state index contributed by atoms with van der Waals surface area (Å²) in [5.74, 6) is -3.23. The molecule has 0 aliphatic heterocycles. The fourth-order valence-corrected chi connectivity index (χ4v) is 4.69. The van der Waals surface area contributed by atoms with Crippen molar-refractivity contribution in [1.82, 2.24) is 15.5 Å². The van der Waals surface area contributed by atoms with Gasteiger partial charge >= 0.3 is 12.1 Å². The van der Waals surface area contributed by atoms with Crippen LogP contribution in [0.2, 0.25) is 0 Å². The summed E-state index contributed by atoms with van der Waals surface area (Å²) in [4.78, 5) is 68.4. The number of nitrogens with zero attached hydrogens (tertiary/aromatic N) is 1. The highest BCUT2D eigenvalue weighted by Gasteiger charge is 2.40. The van der Waals surface area contributed by atoms with Crippen LogP contribution in [-0.2, 0) is 48.1 Å². The lowest BCUT2D eigenvalue weighted by molar-refractivity contribution is -0.154. The van der Waals surface area contributed by atoms with E-state index >= 15 is 0 Å². The van der Waals surface area contributed by atoms with Crippen molar-refractivity contribution in [2.24, 2.45) is 0 Å². The number of carbonyl (C=O) groups excluding carboxylic acids is 5. The number of aliphatic hydroxyl groups is 1. The van der Waals surface area contributed by atoms with Gasteiger partial charge in [-0.15, -0.1) is 0 Å². The van der Waals surface area contributed by atoms with Gasteiger partial charge in [-0.05, 0) is 44.4 Å². The van der Waals surface area contributed by atoms with E-state index in [-0.39, 0.29) is 19.4 Å². The number of alkyl carbamates (subject to hydrolysis) is 1. The monoisotopic (exact) mass is 645 g/mol. The fraction of sp³-hybridized carbons (Fsp3) is 0.361. The molecule has 3 rings (SSSR count). The lowest BCUT2D eigenvalue weighted by atomic mass is 9.99. The van der Waals surface area contributed by atoms with Crippen LogP contribution < -0.4 is 10.6 Å². The van der Waals surface area contributed by atoms with Crippen molar-refractivity contribution >= 4 is 29.8 Å². The maximum absolute atomic E-state index is 14.4. The smallest absolute Gasteiger partial charge is 0.408 e. The van der Waals surface area contributed by atoms with E-state index in [0.717, 1.165) is 10.5 Å². The van der Waals surface area contributed by atoms with Gasteiger partial charge in [0, 0.05) is 12.8 Å². The molecule has 0 radical (unpaired) electrons. The summed E-state index contributed by atoms with van der Waals surface area (Å²) in [6.45, 7) is 5.85. The number of nitrogens with one attached hydrogen (secondary N) is 2. The van der Waals surface area contributed by atoms with Crippen molar-refractivity contribution in [1.29, 1.82) is 0 Å². The molecular formula is C36H43N3O8. The SMILES string of the molecule is C[C@H](NC(=O)[C@H](Cc1ccccc1)N(C(=O)CCO)C(=O)[C@@H](Cc1ccccc1)NC(=O)OC(C)(C)C)C(=O)OCc1ccccc1. The van der Waals surface area contributed by atoms with Gasteiger partial charge in [-0.25, -0.2) is 9.59 Å². The van der Waals surface area contributed by atoms with Crippen molar-refractivity contribution in [2.75, 3.05) is 6.61 Å². The molecule has 3 atom stereocenters. The molecule has 0 aliphatic carbocycles.